The summed E-state index contributed by atoms with van der Waals surface area (Å²) in [5.74, 6) is 0. The number of fused-ring (bicyclic) bond motifs is 1. The Labute approximate surface area is 132 Å². The molecule has 1 aliphatic heterocycles. The number of alkyl halides is 3. The van der Waals surface area contributed by atoms with Crippen LogP contribution >= 0.6 is 0 Å². The summed E-state index contributed by atoms with van der Waals surface area (Å²) in [4.78, 5) is 13.6. The largest absolute Gasteiger partial charge is 0.389 e. The molecule has 1 aromatic carbocycles. The van der Waals surface area contributed by atoms with E-state index in [1.54, 1.807) is 6.92 Å². The molecule has 4 nitrogen and oxygen atoms in total. The molecule has 0 bridgehead atoms. The maximum absolute atomic E-state index is 12.5. The maximum Gasteiger partial charge on any atom is 0.389 e. The third-order valence-corrected chi connectivity index (χ3v) is 4.66. The predicted molar refractivity (Wildman–Crippen MR) is 79.7 cm³/mol. The lowest BCUT2D eigenvalue weighted by Gasteiger charge is -2.48. The molecule has 0 aromatic heterocycles. The highest BCUT2D eigenvalue weighted by atomic mass is 19.4. The van der Waals surface area contributed by atoms with E-state index in [9.17, 15) is 18.0 Å². The van der Waals surface area contributed by atoms with Crippen molar-refractivity contribution < 1.29 is 18.0 Å². The Hall–Kier alpha value is -1.76. The van der Waals surface area contributed by atoms with Crippen LogP contribution in [0.5, 0.6) is 0 Å². The normalized spacial score (nSPS) is 25.7. The Bertz CT molecular complexity index is 611. The summed E-state index contributed by atoms with van der Waals surface area (Å²) in [5.41, 5.74) is 7.40. The van der Waals surface area contributed by atoms with Gasteiger partial charge in [-0.3, -0.25) is 0 Å². The summed E-state index contributed by atoms with van der Waals surface area (Å²) in [6, 6.07) is 6.92. The van der Waals surface area contributed by atoms with Crippen LogP contribution in [-0.4, -0.2) is 36.2 Å². The molecule has 0 spiro atoms. The zero-order valence-electron chi connectivity index (χ0n) is 12.9. The van der Waals surface area contributed by atoms with Crippen molar-refractivity contribution in [1.82, 2.24) is 10.2 Å². The summed E-state index contributed by atoms with van der Waals surface area (Å²) in [7, 11) is 0. The smallest absolute Gasteiger partial charge is 0.333 e. The SMILES string of the molecule is CC1(CC(F)(F)F)CN(C(=O)N[C@@H]2Cc3ccccc3[C@H]2N)C1. The van der Waals surface area contributed by atoms with E-state index in [4.69, 9.17) is 5.73 Å². The van der Waals surface area contributed by atoms with Crippen LogP contribution in [0, 0.1) is 5.41 Å². The molecule has 0 unspecified atom stereocenters. The standard InChI is InChI=1S/C16H20F3N3O/c1-15(7-16(17,18)19)8-22(9-15)14(23)21-12-6-10-4-2-3-5-11(10)13(12)20/h2-5,12-13H,6-9,20H2,1H3,(H,21,23)/t12-,13-/m1/s1. The van der Waals surface area contributed by atoms with Gasteiger partial charge in [-0.05, 0) is 17.5 Å². The number of benzene rings is 1. The predicted octanol–water partition coefficient (Wildman–Crippen LogP) is 2.60. The molecule has 1 saturated heterocycles. The van der Waals surface area contributed by atoms with Crippen molar-refractivity contribution in [3.05, 3.63) is 35.4 Å². The number of nitrogens with one attached hydrogen (secondary N) is 1. The summed E-state index contributed by atoms with van der Waals surface area (Å²) in [6.45, 7) is 1.79. The first-order chi connectivity index (χ1) is 10.7. The van der Waals surface area contributed by atoms with Crippen molar-refractivity contribution >= 4 is 6.03 Å². The first-order valence-corrected chi connectivity index (χ1v) is 7.62. The number of carbonyl (C=O) groups excluding carboxylic acids is 1. The molecule has 23 heavy (non-hydrogen) atoms. The third kappa shape index (κ3) is 3.29. The van der Waals surface area contributed by atoms with Gasteiger partial charge in [0.05, 0.1) is 18.5 Å². The number of carbonyl (C=O) groups is 1. The molecule has 2 aliphatic rings. The lowest BCUT2D eigenvalue weighted by Crippen LogP contribution is -2.62. The van der Waals surface area contributed by atoms with Crippen molar-refractivity contribution in [1.29, 1.82) is 0 Å². The van der Waals surface area contributed by atoms with Crippen LogP contribution in [-0.2, 0) is 6.42 Å². The molecule has 2 atom stereocenters. The lowest BCUT2D eigenvalue weighted by molar-refractivity contribution is -0.172. The topological polar surface area (TPSA) is 58.4 Å². The minimum absolute atomic E-state index is 0.118. The van der Waals surface area contributed by atoms with Gasteiger partial charge in [-0.15, -0.1) is 0 Å². The average molecular weight is 327 g/mol. The third-order valence-electron chi connectivity index (χ3n) is 4.66. The molecule has 7 heteroatoms. The van der Waals surface area contributed by atoms with Gasteiger partial charge in [0.15, 0.2) is 0 Å². The molecule has 2 amide bonds. The molecule has 126 valence electrons. The number of nitrogens with two attached hydrogens (primary N) is 1. The van der Waals surface area contributed by atoms with Crippen LogP contribution in [0.25, 0.3) is 0 Å². The van der Waals surface area contributed by atoms with E-state index in [2.05, 4.69) is 5.32 Å². The molecule has 3 rings (SSSR count). The summed E-state index contributed by atoms with van der Waals surface area (Å²) >= 11 is 0. The molecular formula is C16H20F3N3O. The summed E-state index contributed by atoms with van der Waals surface area (Å²) in [5, 5.41) is 2.86. The number of rotatable bonds is 2. The number of urea groups is 1. The van der Waals surface area contributed by atoms with E-state index in [1.165, 1.54) is 4.90 Å². The van der Waals surface area contributed by atoms with Crippen molar-refractivity contribution in [2.75, 3.05) is 13.1 Å². The minimum Gasteiger partial charge on any atom is -0.333 e. The number of hydrogen-bond acceptors (Lipinski definition) is 2. The highest BCUT2D eigenvalue weighted by molar-refractivity contribution is 5.76. The van der Waals surface area contributed by atoms with E-state index in [-0.39, 0.29) is 31.2 Å². The number of likely N-dealkylation sites (tertiary alicyclic amines) is 1. The zero-order valence-corrected chi connectivity index (χ0v) is 12.9. The van der Waals surface area contributed by atoms with Gasteiger partial charge in [-0.2, -0.15) is 13.2 Å². The van der Waals surface area contributed by atoms with Crippen molar-refractivity contribution in [3.8, 4) is 0 Å². The Morgan fingerprint density at radius 3 is 2.65 bits per heavy atom. The molecule has 1 aliphatic carbocycles. The molecule has 0 radical (unpaired) electrons. The van der Waals surface area contributed by atoms with Gasteiger partial charge >= 0.3 is 12.2 Å². The second-order valence-electron chi connectivity index (χ2n) is 6.94. The molecule has 1 fully saturated rings. The first-order valence-electron chi connectivity index (χ1n) is 7.62. The van der Waals surface area contributed by atoms with Crippen LogP contribution in [0.2, 0.25) is 0 Å². The van der Waals surface area contributed by atoms with Crippen LogP contribution in [0.15, 0.2) is 24.3 Å². The van der Waals surface area contributed by atoms with Gasteiger partial charge in [0.25, 0.3) is 0 Å². The second kappa shape index (κ2) is 5.40. The van der Waals surface area contributed by atoms with Crippen molar-refractivity contribution in [2.45, 2.75) is 38.0 Å². The Morgan fingerprint density at radius 1 is 1.39 bits per heavy atom. The van der Waals surface area contributed by atoms with Gasteiger partial charge in [-0.1, -0.05) is 31.2 Å². The Balaban J connectivity index is 1.54. The highest BCUT2D eigenvalue weighted by Crippen LogP contribution is 2.40. The zero-order chi connectivity index (χ0) is 16.8. The van der Waals surface area contributed by atoms with Gasteiger partial charge in [0, 0.05) is 18.5 Å². The maximum atomic E-state index is 12.5. The van der Waals surface area contributed by atoms with E-state index in [0.29, 0.717) is 6.42 Å². The molecule has 0 saturated carbocycles. The van der Waals surface area contributed by atoms with Gasteiger partial charge in [0.1, 0.15) is 0 Å². The molecule has 1 heterocycles. The molecular weight excluding hydrogens is 307 g/mol. The monoisotopic (exact) mass is 327 g/mol. The number of halogens is 3. The summed E-state index contributed by atoms with van der Waals surface area (Å²) < 4.78 is 37.5. The fraction of sp³-hybridized carbons (Fsp3) is 0.562. The van der Waals surface area contributed by atoms with Crippen LogP contribution in [0.1, 0.15) is 30.5 Å². The van der Waals surface area contributed by atoms with Crippen molar-refractivity contribution in [3.63, 3.8) is 0 Å². The molecule has 3 N–H and O–H groups in total. The van der Waals surface area contributed by atoms with E-state index in [1.807, 2.05) is 24.3 Å². The number of amides is 2. The lowest BCUT2D eigenvalue weighted by atomic mass is 9.79. The van der Waals surface area contributed by atoms with Crippen LogP contribution < -0.4 is 11.1 Å². The van der Waals surface area contributed by atoms with E-state index in [0.717, 1.165) is 11.1 Å². The number of nitrogens with zero attached hydrogens (tertiary/aromatic N) is 1. The first kappa shape index (κ1) is 16.1. The number of hydrogen-bond donors (Lipinski definition) is 2. The van der Waals surface area contributed by atoms with E-state index < -0.39 is 18.0 Å². The average Bonchev–Trinajstić information content (AvgIpc) is 2.71. The Morgan fingerprint density at radius 2 is 2.04 bits per heavy atom. The quantitative estimate of drug-likeness (QED) is 0.877. The van der Waals surface area contributed by atoms with Crippen LogP contribution in [0.3, 0.4) is 0 Å². The van der Waals surface area contributed by atoms with Crippen LogP contribution in [0.4, 0.5) is 18.0 Å². The fourth-order valence-corrected chi connectivity index (χ4v) is 3.63. The second-order valence-corrected chi connectivity index (χ2v) is 6.94. The van der Waals surface area contributed by atoms with Crippen molar-refractivity contribution in [2.24, 2.45) is 11.1 Å². The fourth-order valence-electron chi connectivity index (χ4n) is 3.63. The van der Waals surface area contributed by atoms with Gasteiger partial charge in [-0.25, -0.2) is 4.79 Å². The Kier molecular flexibility index (Phi) is 3.78. The molecule has 1 aromatic rings. The minimum atomic E-state index is -4.20. The van der Waals surface area contributed by atoms with Gasteiger partial charge in [0.2, 0.25) is 0 Å². The van der Waals surface area contributed by atoms with E-state index >= 15 is 0 Å². The highest BCUT2D eigenvalue weighted by Gasteiger charge is 2.48. The van der Waals surface area contributed by atoms with Gasteiger partial charge < -0.3 is 16.0 Å². The summed E-state index contributed by atoms with van der Waals surface area (Å²) in [6.07, 6.45) is -4.42.